The van der Waals surface area contributed by atoms with E-state index in [0.717, 1.165) is 16.9 Å². The Kier molecular flexibility index (Phi) is 3.18. The molecule has 3 heterocycles. The van der Waals surface area contributed by atoms with Crippen molar-refractivity contribution in [2.75, 3.05) is 13.1 Å². The lowest BCUT2D eigenvalue weighted by Crippen LogP contribution is -2.28. The Hall–Kier alpha value is -2.21. The lowest BCUT2D eigenvalue weighted by molar-refractivity contribution is 0.0790. The number of amides is 1. The fraction of sp³-hybridized carbons (Fsp3) is 0.250. The normalized spacial score (nSPS) is 18.2. The van der Waals surface area contributed by atoms with Gasteiger partial charge in [-0.25, -0.2) is 9.37 Å². The molecule has 1 aliphatic heterocycles. The molecule has 6 heteroatoms. The second-order valence-corrected chi connectivity index (χ2v) is 6.39. The highest BCUT2D eigenvalue weighted by Crippen LogP contribution is 2.31. The van der Waals surface area contributed by atoms with Crippen LogP contribution in [0.1, 0.15) is 28.4 Å². The summed E-state index contributed by atoms with van der Waals surface area (Å²) >= 11 is 1.66. The van der Waals surface area contributed by atoms with Crippen LogP contribution in [0.2, 0.25) is 0 Å². The monoisotopic (exact) mass is 315 g/mol. The molecule has 0 saturated carbocycles. The van der Waals surface area contributed by atoms with Crippen molar-refractivity contribution in [1.82, 2.24) is 14.3 Å². The van der Waals surface area contributed by atoms with Gasteiger partial charge in [0, 0.05) is 36.1 Å². The predicted molar refractivity (Wildman–Crippen MR) is 82.7 cm³/mol. The Morgan fingerprint density at radius 1 is 1.41 bits per heavy atom. The molecule has 1 unspecified atom stereocenters. The number of imidazole rings is 1. The molecule has 0 bridgehead atoms. The van der Waals surface area contributed by atoms with Gasteiger partial charge in [0.05, 0.1) is 5.69 Å². The van der Waals surface area contributed by atoms with Crippen LogP contribution in [0, 0.1) is 5.82 Å². The van der Waals surface area contributed by atoms with E-state index in [0.29, 0.717) is 18.7 Å². The number of aromatic nitrogens is 2. The number of nitrogens with zero attached hydrogens (tertiary/aromatic N) is 3. The van der Waals surface area contributed by atoms with E-state index in [4.69, 9.17) is 0 Å². The molecule has 3 aromatic rings. The molecular formula is C16H14FN3OS. The van der Waals surface area contributed by atoms with Crippen LogP contribution in [0.15, 0.2) is 42.2 Å². The highest BCUT2D eigenvalue weighted by molar-refractivity contribution is 7.15. The van der Waals surface area contributed by atoms with Crippen LogP contribution in [0.4, 0.5) is 4.39 Å². The minimum Gasteiger partial charge on any atom is -0.338 e. The molecule has 0 radical (unpaired) electrons. The van der Waals surface area contributed by atoms with E-state index >= 15 is 0 Å². The lowest BCUT2D eigenvalue weighted by Gasteiger charge is -2.16. The van der Waals surface area contributed by atoms with Gasteiger partial charge in [0.15, 0.2) is 0 Å². The van der Waals surface area contributed by atoms with Gasteiger partial charge in [-0.3, -0.25) is 9.20 Å². The summed E-state index contributed by atoms with van der Waals surface area (Å²) in [5, 5.41) is 2.03. The van der Waals surface area contributed by atoms with Gasteiger partial charge in [0.1, 0.15) is 17.0 Å². The number of fused-ring (bicyclic) bond motifs is 1. The second kappa shape index (κ2) is 5.21. The zero-order valence-corrected chi connectivity index (χ0v) is 12.6. The van der Waals surface area contributed by atoms with Crippen molar-refractivity contribution in [2.45, 2.75) is 12.3 Å². The van der Waals surface area contributed by atoms with Gasteiger partial charge in [-0.2, -0.15) is 0 Å². The molecule has 1 aromatic carbocycles. The third-order valence-corrected chi connectivity index (χ3v) is 5.01. The number of halogens is 1. The van der Waals surface area contributed by atoms with Crippen molar-refractivity contribution in [2.24, 2.45) is 0 Å². The highest BCUT2D eigenvalue weighted by atomic mass is 32.1. The van der Waals surface area contributed by atoms with E-state index in [1.54, 1.807) is 28.4 Å². The molecule has 0 N–H and O–H groups in total. The largest absolute Gasteiger partial charge is 0.338 e. The van der Waals surface area contributed by atoms with Crippen LogP contribution in [0.3, 0.4) is 0 Å². The van der Waals surface area contributed by atoms with Crippen LogP contribution in [-0.2, 0) is 0 Å². The molecule has 0 aliphatic carbocycles. The molecule has 112 valence electrons. The summed E-state index contributed by atoms with van der Waals surface area (Å²) in [5.74, 6) is -0.235. The van der Waals surface area contributed by atoms with Crippen molar-refractivity contribution >= 4 is 22.1 Å². The van der Waals surface area contributed by atoms with Gasteiger partial charge >= 0.3 is 0 Å². The number of carbonyl (C=O) groups is 1. The van der Waals surface area contributed by atoms with E-state index in [-0.39, 0.29) is 17.6 Å². The summed E-state index contributed by atoms with van der Waals surface area (Å²) in [6, 6.07) is 5.87. The van der Waals surface area contributed by atoms with E-state index in [1.165, 1.54) is 12.1 Å². The first kappa shape index (κ1) is 13.5. The zero-order chi connectivity index (χ0) is 15.1. The Morgan fingerprint density at radius 3 is 3.18 bits per heavy atom. The molecule has 1 amide bonds. The quantitative estimate of drug-likeness (QED) is 0.728. The first-order chi connectivity index (χ1) is 10.7. The third-order valence-electron chi connectivity index (χ3n) is 4.11. The number of thiazole rings is 1. The molecule has 0 spiro atoms. The van der Waals surface area contributed by atoms with Crippen LogP contribution in [0.25, 0.3) is 4.83 Å². The van der Waals surface area contributed by atoms with Gasteiger partial charge in [0.25, 0.3) is 5.91 Å². The minimum atomic E-state index is -0.379. The Balaban J connectivity index is 1.55. The SMILES string of the molecule is O=C(c1cccc(F)c1)N1CCC(c2ncn3ccsc23)C1. The number of carbonyl (C=O) groups excluding carboxylic acids is 1. The summed E-state index contributed by atoms with van der Waals surface area (Å²) < 4.78 is 15.3. The number of benzene rings is 1. The topological polar surface area (TPSA) is 37.6 Å². The van der Waals surface area contributed by atoms with E-state index in [2.05, 4.69) is 4.98 Å². The van der Waals surface area contributed by atoms with Crippen LogP contribution in [0.5, 0.6) is 0 Å². The molecule has 4 nitrogen and oxygen atoms in total. The smallest absolute Gasteiger partial charge is 0.253 e. The van der Waals surface area contributed by atoms with E-state index < -0.39 is 0 Å². The van der Waals surface area contributed by atoms with Gasteiger partial charge in [0.2, 0.25) is 0 Å². The van der Waals surface area contributed by atoms with Crippen molar-refractivity contribution in [3.05, 3.63) is 59.2 Å². The highest BCUT2D eigenvalue weighted by Gasteiger charge is 2.30. The minimum absolute atomic E-state index is 0.108. The Morgan fingerprint density at radius 2 is 2.32 bits per heavy atom. The number of rotatable bonds is 2. The Bertz CT molecular complexity index is 841. The summed E-state index contributed by atoms with van der Waals surface area (Å²) in [6.45, 7) is 1.32. The van der Waals surface area contributed by atoms with Crippen molar-refractivity contribution in [3.63, 3.8) is 0 Å². The van der Waals surface area contributed by atoms with Gasteiger partial charge in [-0.05, 0) is 24.6 Å². The maximum Gasteiger partial charge on any atom is 0.253 e. The van der Waals surface area contributed by atoms with Gasteiger partial charge in [-0.15, -0.1) is 11.3 Å². The third kappa shape index (κ3) is 2.20. The molecule has 4 rings (SSSR count). The van der Waals surface area contributed by atoms with Crippen LogP contribution in [-0.4, -0.2) is 33.3 Å². The summed E-state index contributed by atoms with van der Waals surface area (Å²) in [4.78, 5) is 19.9. The van der Waals surface area contributed by atoms with E-state index in [9.17, 15) is 9.18 Å². The number of hydrogen-bond acceptors (Lipinski definition) is 3. The fourth-order valence-electron chi connectivity index (χ4n) is 3.00. The molecule has 1 saturated heterocycles. The van der Waals surface area contributed by atoms with Gasteiger partial charge in [-0.1, -0.05) is 6.07 Å². The Labute approximate surface area is 130 Å². The first-order valence-corrected chi connectivity index (χ1v) is 8.05. The number of hydrogen-bond donors (Lipinski definition) is 0. The summed E-state index contributed by atoms with van der Waals surface area (Å²) in [5.41, 5.74) is 1.47. The average molecular weight is 315 g/mol. The summed E-state index contributed by atoms with van der Waals surface area (Å²) in [6.07, 6.45) is 4.70. The molecular weight excluding hydrogens is 301 g/mol. The first-order valence-electron chi connectivity index (χ1n) is 7.17. The lowest BCUT2D eigenvalue weighted by atomic mass is 10.1. The maximum absolute atomic E-state index is 13.3. The maximum atomic E-state index is 13.3. The van der Waals surface area contributed by atoms with Crippen LogP contribution >= 0.6 is 11.3 Å². The predicted octanol–water partition coefficient (Wildman–Crippen LogP) is 3.16. The molecule has 1 fully saturated rings. The average Bonchev–Trinajstić information content (AvgIpc) is 3.22. The number of likely N-dealkylation sites (tertiary alicyclic amines) is 1. The van der Waals surface area contributed by atoms with Crippen molar-refractivity contribution < 1.29 is 9.18 Å². The second-order valence-electron chi connectivity index (χ2n) is 5.49. The molecule has 2 aromatic heterocycles. The van der Waals surface area contributed by atoms with Crippen molar-refractivity contribution in [3.8, 4) is 0 Å². The standard InChI is InChI=1S/C16H14FN3OS/c17-13-3-1-2-11(8-13)15(21)19-5-4-12(9-19)14-16-20(10-18-14)6-7-22-16/h1-3,6-8,10,12H,4-5,9H2. The zero-order valence-electron chi connectivity index (χ0n) is 11.8. The fourth-order valence-corrected chi connectivity index (χ4v) is 3.89. The molecule has 1 aliphatic rings. The van der Waals surface area contributed by atoms with Crippen LogP contribution < -0.4 is 0 Å². The van der Waals surface area contributed by atoms with E-state index in [1.807, 2.05) is 22.3 Å². The van der Waals surface area contributed by atoms with Gasteiger partial charge < -0.3 is 4.90 Å². The molecule has 22 heavy (non-hydrogen) atoms. The molecule has 1 atom stereocenters. The van der Waals surface area contributed by atoms with Crippen molar-refractivity contribution in [1.29, 1.82) is 0 Å². The summed E-state index contributed by atoms with van der Waals surface area (Å²) in [7, 11) is 0.